The van der Waals surface area contributed by atoms with E-state index in [9.17, 15) is 14.4 Å². The maximum Gasteiger partial charge on any atom is 0.306 e. The molecule has 6 heteroatoms. The fourth-order valence-corrected chi connectivity index (χ4v) is 8.92. The summed E-state index contributed by atoms with van der Waals surface area (Å²) < 4.78 is 16.9. The molecule has 0 N–H and O–H groups in total. The zero-order valence-corrected chi connectivity index (χ0v) is 46.8. The van der Waals surface area contributed by atoms with E-state index in [1.165, 1.54) is 180 Å². The molecule has 0 aliphatic heterocycles. The molecular weight excluding hydrogens is 865 g/mol. The van der Waals surface area contributed by atoms with Crippen LogP contribution in [0.15, 0.2) is 48.6 Å². The normalized spacial score (nSPS) is 12.3. The van der Waals surface area contributed by atoms with Gasteiger partial charge in [-0.25, -0.2) is 0 Å². The molecule has 0 saturated heterocycles. The molecule has 0 aliphatic carbocycles. The van der Waals surface area contributed by atoms with Crippen molar-refractivity contribution in [3.8, 4) is 0 Å². The number of rotatable bonds is 56. The van der Waals surface area contributed by atoms with E-state index in [0.29, 0.717) is 19.3 Å². The number of allylic oxidation sites excluding steroid dienone is 8. The Kier molecular flexibility index (Phi) is 56.7. The highest BCUT2D eigenvalue weighted by atomic mass is 16.6. The Morgan fingerprint density at radius 1 is 0.286 bits per heavy atom. The van der Waals surface area contributed by atoms with E-state index >= 15 is 0 Å². The van der Waals surface area contributed by atoms with Crippen LogP contribution < -0.4 is 0 Å². The van der Waals surface area contributed by atoms with Crippen molar-refractivity contribution in [2.24, 2.45) is 0 Å². The standard InChI is InChI=1S/C64H116O6/c1-4-7-10-13-16-19-22-25-28-31-32-33-34-37-39-42-45-48-51-54-57-63(66)69-60-61(70-64(67)58-55-52-49-46-43-40-36-30-27-24-21-18-15-12-9-6-3)59-68-62(65)56-53-50-47-44-41-38-35-29-26-23-20-17-14-11-8-5-2/h20-21,23-24,29-30,35-36,61H,4-19,22,25-28,31-34,37-60H2,1-3H3/b23-20-,24-21-,35-29-,36-30-. The summed E-state index contributed by atoms with van der Waals surface area (Å²) in [5.41, 5.74) is 0. The van der Waals surface area contributed by atoms with Crippen LogP contribution in [0.4, 0.5) is 0 Å². The van der Waals surface area contributed by atoms with E-state index in [1.807, 2.05) is 0 Å². The van der Waals surface area contributed by atoms with E-state index in [-0.39, 0.29) is 31.1 Å². The SMILES string of the molecule is CCCCCC/C=C\C/C=C\CCCCCCCC(=O)OCC(COC(=O)CCCCCCCCCCCCCCCCCCCCCC)OC(=O)CCCCCCC/C=C\C/C=C\CCCCCC. The number of hydrogen-bond acceptors (Lipinski definition) is 6. The second-order valence-electron chi connectivity index (χ2n) is 20.6. The van der Waals surface area contributed by atoms with E-state index in [2.05, 4.69) is 69.4 Å². The lowest BCUT2D eigenvalue weighted by Crippen LogP contribution is -2.30. The smallest absolute Gasteiger partial charge is 0.306 e. The number of ether oxygens (including phenoxy) is 3. The van der Waals surface area contributed by atoms with E-state index < -0.39 is 6.10 Å². The number of carbonyl (C=O) groups is 3. The van der Waals surface area contributed by atoms with Crippen molar-refractivity contribution >= 4 is 17.9 Å². The summed E-state index contributed by atoms with van der Waals surface area (Å²) in [6.45, 7) is 6.63. The van der Waals surface area contributed by atoms with Crippen molar-refractivity contribution in [2.75, 3.05) is 13.2 Å². The molecule has 6 nitrogen and oxygen atoms in total. The summed E-state index contributed by atoms with van der Waals surface area (Å²) in [4.78, 5) is 38.2. The third kappa shape index (κ3) is 56.3. The van der Waals surface area contributed by atoms with Crippen molar-refractivity contribution in [1.29, 1.82) is 0 Å². The summed E-state index contributed by atoms with van der Waals surface area (Å²) in [6, 6.07) is 0. The quantitative estimate of drug-likeness (QED) is 0.0261. The Hall–Kier alpha value is -2.63. The predicted molar refractivity (Wildman–Crippen MR) is 302 cm³/mol. The van der Waals surface area contributed by atoms with Gasteiger partial charge in [-0.05, 0) is 83.5 Å². The zero-order chi connectivity index (χ0) is 50.7. The van der Waals surface area contributed by atoms with Crippen LogP contribution in [0.3, 0.4) is 0 Å². The molecular formula is C64H116O6. The molecule has 0 aliphatic rings. The highest BCUT2D eigenvalue weighted by molar-refractivity contribution is 5.71. The van der Waals surface area contributed by atoms with Crippen LogP contribution in [0.2, 0.25) is 0 Å². The van der Waals surface area contributed by atoms with Crippen LogP contribution >= 0.6 is 0 Å². The van der Waals surface area contributed by atoms with Gasteiger partial charge in [0, 0.05) is 19.3 Å². The minimum atomic E-state index is -0.785. The highest BCUT2D eigenvalue weighted by Crippen LogP contribution is 2.17. The first-order valence-electron chi connectivity index (χ1n) is 30.6. The first-order chi connectivity index (χ1) is 34.5. The van der Waals surface area contributed by atoms with Crippen LogP contribution in [0.5, 0.6) is 0 Å². The van der Waals surface area contributed by atoms with Crippen molar-refractivity contribution in [2.45, 2.75) is 329 Å². The summed E-state index contributed by atoms with van der Waals surface area (Å²) in [5, 5.41) is 0. The summed E-state index contributed by atoms with van der Waals surface area (Å²) in [7, 11) is 0. The van der Waals surface area contributed by atoms with Crippen molar-refractivity contribution in [3.05, 3.63) is 48.6 Å². The van der Waals surface area contributed by atoms with Crippen molar-refractivity contribution in [1.82, 2.24) is 0 Å². The molecule has 0 aromatic carbocycles. The molecule has 408 valence electrons. The van der Waals surface area contributed by atoms with Gasteiger partial charge in [-0.15, -0.1) is 0 Å². The average Bonchev–Trinajstić information content (AvgIpc) is 3.36. The third-order valence-electron chi connectivity index (χ3n) is 13.6. The van der Waals surface area contributed by atoms with Crippen LogP contribution in [0.25, 0.3) is 0 Å². The van der Waals surface area contributed by atoms with Gasteiger partial charge in [0.05, 0.1) is 0 Å². The number of esters is 3. The van der Waals surface area contributed by atoms with Crippen LogP contribution in [0.1, 0.15) is 323 Å². The van der Waals surface area contributed by atoms with Gasteiger partial charge in [0.2, 0.25) is 0 Å². The minimum absolute atomic E-state index is 0.0803. The van der Waals surface area contributed by atoms with Gasteiger partial charge in [-0.3, -0.25) is 14.4 Å². The Bertz CT molecular complexity index is 1220. The molecule has 0 aromatic heterocycles. The molecule has 0 amide bonds. The molecule has 0 fully saturated rings. The monoisotopic (exact) mass is 981 g/mol. The largest absolute Gasteiger partial charge is 0.462 e. The molecule has 0 radical (unpaired) electrons. The molecule has 0 rings (SSSR count). The maximum absolute atomic E-state index is 12.9. The van der Waals surface area contributed by atoms with Gasteiger partial charge in [-0.1, -0.05) is 268 Å². The fourth-order valence-electron chi connectivity index (χ4n) is 8.92. The molecule has 0 heterocycles. The molecule has 1 atom stereocenters. The predicted octanol–water partition coefficient (Wildman–Crippen LogP) is 20.6. The summed E-state index contributed by atoms with van der Waals surface area (Å²) in [6.07, 6.45) is 72.5. The molecule has 70 heavy (non-hydrogen) atoms. The van der Waals surface area contributed by atoms with Crippen molar-refractivity contribution < 1.29 is 28.6 Å². The maximum atomic E-state index is 12.9. The Labute approximate surface area is 435 Å². The topological polar surface area (TPSA) is 78.9 Å². The van der Waals surface area contributed by atoms with Gasteiger partial charge in [0.25, 0.3) is 0 Å². The summed E-state index contributed by atoms with van der Waals surface area (Å²) in [5.74, 6) is -0.891. The molecule has 0 bridgehead atoms. The first kappa shape index (κ1) is 67.4. The molecule has 0 spiro atoms. The summed E-state index contributed by atoms with van der Waals surface area (Å²) >= 11 is 0. The number of hydrogen-bond donors (Lipinski definition) is 0. The average molecular weight is 982 g/mol. The van der Waals surface area contributed by atoms with Crippen LogP contribution in [0, 0.1) is 0 Å². The first-order valence-corrected chi connectivity index (χ1v) is 30.6. The van der Waals surface area contributed by atoms with Gasteiger partial charge >= 0.3 is 17.9 Å². The lowest BCUT2D eigenvalue weighted by Gasteiger charge is -2.18. The Morgan fingerprint density at radius 3 is 0.800 bits per heavy atom. The van der Waals surface area contributed by atoms with Gasteiger partial charge in [-0.2, -0.15) is 0 Å². The van der Waals surface area contributed by atoms with Crippen LogP contribution in [-0.2, 0) is 28.6 Å². The van der Waals surface area contributed by atoms with Crippen molar-refractivity contribution in [3.63, 3.8) is 0 Å². The number of unbranched alkanes of at least 4 members (excludes halogenated alkanes) is 37. The van der Waals surface area contributed by atoms with Gasteiger partial charge < -0.3 is 14.2 Å². The molecule has 0 aromatic rings. The highest BCUT2D eigenvalue weighted by Gasteiger charge is 2.19. The fraction of sp³-hybridized carbons (Fsp3) is 0.828. The van der Waals surface area contributed by atoms with E-state index in [1.54, 1.807) is 0 Å². The van der Waals surface area contributed by atoms with Crippen LogP contribution in [-0.4, -0.2) is 37.2 Å². The Morgan fingerprint density at radius 2 is 0.514 bits per heavy atom. The minimum Gasteiger partial charge on any atom is -0.462 e. The lowest BCUT2D eigenvalue weighted by atomic mass is 10.0. The van der Waals surface area contributed by atoms with E-state index in [0.717, 1.165) is 103 Å². The second kappa shape index (κ2) is 58.9. The second-order valence-corrected chi connectivity index (χ2v) is 20.6. The van der Waals surface area contributed by atoms with E-state index in [4.69, 9.17) is 14.2 Å². The molecule has 1 unspecified atom stereocenters. The molecule has 0 saturated carbocycles. The third-order valence-corrected chi connectivity index (χ3v) is 13.6. The number of carbonyl (C=O) groups excluding carboxylic acids is 3. The van der Waals surface area contributed by atoms with Gasteiger partial charge in [0.1, 0.15) is 13.2 Å². The van der Waals surface area contributed by atoms with Gasteiger partial charge in [0.15, 0.2) is 6.10 Å². The Balaban J connectivity index is 4.36. The lowest BCUT2D eigenvalue weighted by molar-refractivity contribution is -0.167. The zero-order valence-electron chi connectivity index (χ0n) is 46.8.